The van der Waals surface area contributed by atoms with Gasteiger partial charge in [0.1, 0.15) is 5.75 Å². The zero-order valence-corrected chi connectivity index (χ0v) is 16.1. The van der Waals surface area contributed by atoms with Crippen molar-refractivity contribution in [1.29, 1.82) is 0 Å². The van der Waals surface area contributed by atoms with Crippen molar-refractivity contribution >= 4 is 16.9 Å². The fraction of sp³-hybridized carbons (Fsp3) is 0.318. The van der Waals surface area contributed by atoms with Gasteiger partial charge in [0.25, 0.3) is 0 Å². The standard InChI is InChI=1S/C22H28N4O/c1-23-22(25-15-13-17-9-11-19(27-2)12-10-17)24-14-5-6-18-16-26-21-8-4-3-7-20(18)21/h3-4,7-12,16,26H,5-6,13-15H2,1-2H3,(H2,23,24,25). The number of hydrogen-bond acceptors (Lipinski definition) is 2. The summed E-state index contributed by atoms with van der Waals surface area (Å²) in [6, 6.07) is 16.6. The van der Waals surface area contributed by atoms with Gasteiger partial charge in [-0.3, -0.25) is 4.99 Å². The average molecular weight is 364 g/mol. The lowest BCUT2D eigenvalue weighted by atomic mass is 10.1. The Morgan fingerprint density at radius 1 is 1.00 bits per heavy atom. The molecule has 0 unspecified atom stereocenters. The Morgan fingerprint density at radius 3 is 2.56 bits per heavy atom. The van der Waals surface area contributed by atoms with Crippen molar-refractivity contribution in [3.05, 3.63) is 65.9 Å². The van der Waals surface area contributed by atoms with E-state index in [1.165, 1.54) is 22.0 Å². The monoisotopic (exact) mass is 364 g/mol. The van der Waals surface area contributed by atoms with Gasteiger partial charge in [0.2, 0.25) is 0 Å². The van der Waals surface area contributed by atoms with Gasteiger partial charge in [-0.15, -0.1) is 0 Å². The molecular formula is C22H28N4O. The van der Waals surface area contributed by atoms with Gasteiger partial charge in [-0.2, -0.15) is 0 Å². The van der Waals surface area contributed by atoms with Crippen molar-refractivity contribution in [2.75, 3.05) is 27.2 Å². The molecule has 3 aromatic rings. The van der Waals surface area contributed by atoms with Crippen LogP contribution in [0.15, 0.2) is 59.7 Å². The van der Waals surface area contributed by atoms with Crippen LogP contribution in [0.25, 0.3) is 10.9 Å². The summed E-state index contributed by atoms with van der Waals surface area (Å²) in [5.41, 5.74) is 3.85. The second kappa shape index (κ2) is 9.67. The minimum absolute atomic E-state index is 0.842. The molecule has 0 saturated carbocycles. The maximum Gasteiger partial charge on any atom is 0.190 e. The highest BCUT2D eigenvalue weighted by Gasteiger charge is 2.03. The molecule has 5 nitrogen and oxygen atoms in total. The molecule has 0 amide bonds. The van der Waals surface area contributed by atoms with Crippen LogP contribution < -0.4 is 15.4 Å². The molecule has 2 aromatic carbocycles. The van der Waals surface area contributed by atoms with Crippen molar-refractivity contribution in [3.63, 3.8) is 0 Å². The van der Waals surface area contributed by atoms with Crippen molar-refractivity contribution in [1.82, 2.24) is 15.6 Å². The summed E-state index contributed by atoms with van der Waals surface area (Å²) < 4.78 is 5.19. The first-order chi connectivity index (χ1) is 13.3. The second-order valence-electron chi connectivity index (χ2n) is 6.49. The number of fused-ring (bicyclic) bond motifs is 1. The van der Waals surface area contributed by atoms with Gasteiger partial charge in [-0.05, 0) is 48.6 Å². The van der Waals surface area contributed by atoms with Gasteiger partial charge < -0.3 is 20.4 Å². The first kappa shape index (κ1) is 18.8. The van der Waals surface area contributed by atoms with Crippen molar-refractivity contribution in [2.24, 2.45) is 4.99 Å². The summed E-state index contributed by atoms with van der Waals surface area (Å²) in [6.07, 6.45) is 5.16. The number of para-hydroxylation sites is 1. The van der Waals surface area contributed by atoms with E-state index in [2.05, 4.69) is 63.2 Å². The predicted octanol–water partition coefficient (Wildman–Crippen LogP) is 3.52. The molecule has 1 aromatic heterocycles. The molecule has 1 heterocycles. The molecular weight excluding hydrogens is 336 g/mol. The van der Waals surface area contributed by atoms with E-state index >= 15 is 0 Å². The molecule has 0 fully saturated rings. The Balaban J connectivity index is 1.37. The van der Waals surface area contributed by atoms with Crippen molar-refractivity contribution in [2.45, 2.75) is 19.3 Å². The SMILES string of the molecule is CN=C(NCCCc1c[nH]c2ccccc12)NCCc1ccc(OC)cc1. The van der Waals surface area contributed by atoms with Crippen molar-refractivity contribution < 1.29 is 4.74 Å². The molecule has 0 aliphatic carbocycles. The maximum atomic E-state index is 5.19. The number of rotatable bonds is 8. The molecule has 0 aliphatic heterocycles. The minimum atomic E-state index is 0.842. The quantitative estimate of drug-likeness (QED) is 0.326. The Bertz CT molecular complexity index is 867. The Hall–Kier alpha value is -2.95. The lowest BCUT2D eigenvalue weighted by molar-refractivity contribution is 0.414. The highest BCUT2D eigenvalue weighted by atomic mass is 16.5. The normalized spacial score (nSPS) is 11.6. The number of nitrogens with one attached hydrogen (secondary N) is 3. The van der Waals surface area contributed by atoms with Gasteiger partial charge in [-0.1, -0.05) is 30.3 Å². The van der Waals surface area contributed by atoms with E-state index in [9.17, 15) is 0 Å². The van der Waals surface area contributed by atoms with E-state index in [1.54, 1.807) is 7.11 Å². The van der Waals surface area contributed by atoms with Gasteiger partial charge in [-0.25, -0.2) is 0 Å². The number of aryl methyl sites for hydroxylation is 1. The molecule has 0 spiro atoms. The van der Waals surface area contributed by atoms with E-state index in [1.807, 2.05) is 19.2 Å². The molecule has 142 valence electrons. The maximum absolute atomic E-state index is 5.19. The zero-order chi connectivity index (χ0) is 18.9. The molecule has 0 aliphatic rings. The molecule has 0 atom stereocenters. The summed E-state index contributed by atoms with van der Waals surface area (Å²) in [6.45, 7) is 1.73. The van der Waals surface area contributed by atoms with Gasteiger partial charge >= 0.3 is 0 Å². The highest BCUT2D eigenvalue weighted by Crippen LogP contribution is 2.18. The lowest BCUT2D eigenvalue weighted by Gasteiger charge is -2.12. The number of aromatic nitrogens is 1. The summed E-state index contributed by atoms with van der Waals surface area (Å²) in [7, 11) is 3.49. The number of nitrogens with zero attached hydrogens (tertiary/aromatic N) is 1. The highest BCUT2D eigenvalue weighted by molar-refractivity contribution is 5.83. The smallest absolute Gasteiger partial charge is 0.190 e. The summed E-state index contributed by atoms with van der Waals surface area (Å²) >= 11 is 0. The zero-order valence-electron chi connectivity index (χ0n) is 16.1. The third-order valence-electron chi connectivity index (χ3n) is 4.68. The lowest BCUT2D eigenvalue weighted by Crippen LogP contribution is -2.38. The molecule has 0 radical (unpaired) electrons. The van der Waals surface area contributed by atoms with Crippen LogP contribution in [0.3, 0.4) is 0 Å². The van der Waals surface area contributed by atoms with Crippen LogP contribution in [0.4, 0.5) is 0 Å². The van der Waals surface area contributed by atoms with Crippen LogP contribution >= 0.6 is 0 Å². The summed E-state index contributed by atoms with van der Waals surface area (Å²) in [5.74, 6) is 1.74. The number of aromatic amines is 1. The third kappa shape index (κ3) is 5.26. The van der Waals surface area contributed by atoms with Crippen LogP contribution in [0.2, 0.25) is 0 Å². The van der Waals surface area contributed by atoms with Crippen LogP contribution in [0.1, 0.15) is 17.5 Å². The van der Waals surface area contributed by atoms with Gasteiger partial charge in [0, 0.05) is 37.2 Å². The largest absolute Gasteiger partial charge is 0.497 e. The molecule has 3 rings (SSSR count). The van der Waals surface area contributed by atoms with Crippen LogP contribution in [0, 0.1) is 0 Å². The average Bonchev–Trinajstić information content (AvgIpc) is 3.13. The number of benzene rings is 2. The van der Waals surface area contributed by atoms with E-state index < -0.39 is 0 Å². The number of ether oxygens (including phenoxy) is 1. The van der Waals surface area contributed by atoms with E-state index in [-0.39, 0.29) is 0 Å². The summed E-state index contributed by atoms with van der Waals surface area (Å²) in [4.78, 5) is 7.63. The molecule has 27 heavy (non-hydrogen) atoms. The second-order valence-corrected chi connectivity index (χ2v) is 6.49. The molecule has 3 N–H and O–H groups in total. The van der Waals surface area contributed by atoms with E-state index in [4.69, 9.17) is 4.74 Å². The number of guanidine groups is 1. The Labute approximate surface area is 160 Å². The van der Waals surface area contributed by atoms with Crippen molar-refractivity contribution in [3.8, 4) is 5.75 Å². The van der Waals surface area contributed by atoms with E-state index in [0.717, 1.165) is 44.1 Å². The first-order valence-electron chi connectivity index (χ1n) is 9.42. The Kier molecular flexibility index (Phi) is 6.74. The number of aliphatic imine (C=N–C) groups is 1. The molecule has 0 saturated heterocycles. The minimum Gasteiger partial charge on any atom is -0.497 e. The predicted molar refractivity (Wildman–Crippen MR) is 113 cm³/mol. The topological polar surface area (TPSA) is 61.4 Å². The van der Waals surface area contributed by atoms with Gasteiger partial charge in [0.05, 0.1) is 7.11 Å². The third-order valence-corrected chi connectivity index (χ3v) is 4.68. The Morgan fingerprint density at radius 2 is 1.78 bits per heavy atom. The molecule has 5 heteroatoms. The van der Waals surface area contributed by atoms with Crippen LogP contribution in [-0.4, -0.2) is 38.2 Å². The fourth-order valence-electron chi connectivity index (χ4n) is 3.16. The number of H-pyrrole nitrogens is 1. The van der Waals surface area contributed by atoms with Crippen LogP contribution in [0.5, 0.6) is 5.75 Å². The number of methoxy groups -OCH3 is 1. The summed E-state index contributed by atoms with van der Waals surface area (Å²) in [5, 5.41) is 8.08. The first-order valence-corrected chi connectivity index (χ1v) is 9.42. The van der Waals surface area contributed by atoms with Gasteiger partial charge in [0.15, 0.2) is 5.96 Å². The van der Waals surface area contributed by atoms with Crippen LogP contribution in [-0.2, 0) is 12.8 Å². The van der Waals surface area contributed by atoms with E-state index in [0.29, 0.717) is 0 Å². The molecule has 0 bridgehead atoms. The fourth-order valence-corrected chi connectivity index (χ4v) is 3.16. The number of hydrogen-bond donors (Lipinski definition) is 3.